The molecule has 0 aliphatic rings. The quantitative estimate of drug-likeness (QED) is 0.838. The maximum atomic E-state index is 13.9. The maximum absolute atomic E-state index is 13.9. The lowest BCUT2D eigenvalue weighted by Gasteiger charge is -2.24. The minimum Gasteiger partial charge on any atom is -0.338 e. The van der Waals surface area contributed by atoms with Crippen LogP contribution in [0.15, 0.2) is 18.2 Å². The van der Waals surface area contributed by atoms with Gasteiger partial charge in [0.15, 0.2) is 0 Å². The molecule has 0 saturated carbocycles. The molecule has 4 nitrogen and oxygen atoms in total. The van der Waals surface area contributed by atoms with Gasteiger partial charge in [0.05, 0.1) is 11.6 Å². The van der Waals surface area contributed by atoms with Gasteiger partial charge < -0.3 is 10.6 Å². The van der Waals surface area contributed by atoms with Gasteiger partial charge >= 0.3 is 0 Å². The van der Waals surface area contributed by atoms with E-state index >= 15 is 0 Å². The molecule has 1 amide bonds. The number of rotatable bonds is 7. The van der Waals surface area contributed by atoms with Gasteiger partial charge in [0.2, 0.25) is 5.91 Å². The van der Waals surface area contributed by atoms with E-state index in [1.54, 1.807) is 17.0 Å². The Hall–Kier alpha value is -1.93. The fourth-order valence-electron chi connectivity index (χ4n) is 2.16. The van der Waals surface area contributed by atoms with E-state index in [0.717, 1.165) is 12.8 Å². The summed E-state index contributed by atoms with van der Waals surface area (Å²) < 4.78 is 13.9. The monoisotopic (exact) mass is 291 g/mol. The highest BCUT2D eigenvalue weighted by Crippen LogP contribution is 2.16. The molecule has 1 aromatic carbocycles. The Bertz CT molecular complexity index is 525. The Labute approximate surface area is 125 Å². The molecule has 0 aromatic heterocycles. The number of nitrogens with zero attached hydrogens (tertiary/aromatic N) is 2. The SMILES string of the molecule is CCN(Cc1ccc(C#N)cc1F)C(=O)C(C)CCCN. The molecule has 1 unspecified atom stereocenters. The molecular formula is C16H22FN3O. The minimum atomic E-state index is -0.449. The molecule has 21 heavy (non-hydrogen) atoms. The van der Waals surface area contributed by atoms with Gasteiger partial charge in [-0.05, 0) is 38.4 Å². The summed E-state index contributed by atoms with van der Waals surface area (Å²) in [6, 6.07) is 6.22. The average molecular weight is 291 g/mol. The third kappa shape index (κ3) is 4.83. The van der Waals surface area contributed by atoms with E-state index in [2.05, 4.69) is 0 Å². The van der Waals surface area contributed by atoms with Crippen molar-refractivity contribution in [2.24, 2.45) is 11.7 Å². The van der Waals surface area contributed by atoms with Gasteiger partial charge in [-0.15, -0.1) is 0 Å². The molecule has 0 heterocycles. The predicted octanol–water partition coefficient (Wildman–Crippen LogP) is 2.42. The second-order valence-corrected chi connectivity index (χ2v) is 5.10. The van der Waals surface area contributed by atoms with Crippen LogP contribution >= 0.6 is 0 Å². The maximum Gasteiger partial charge on any atom is 0.225 e. The van der Waals surface area contributed by atoms with Gasteiger partial charge in [-0.3, -0.25) is 4.79 Å². The number of carbonyl (C=O) groups excluding carboxylic acids is 1. The van der Waals surface area contributed by atoms with Gasteiger partial charge in [-0.25, -0.2) is 4.39 Å². The third-order valence-corrected chi connectivity index (χ3v) is 3.50. The van der Waals surface area contributed by atoms with E-state index in [1.807, 2.05) is 19.9 Å². The van der Waals surface area contributed by atoms with Crippen LogP contribution < -0.4 is 5.73 Å². The molecule has 0 fully saturated rings. The number of nitrogens with two attached hydrogens (primary N) is 1. The van der Waals surface area contributed by atoms with Gasteiger partial charge in [0.25, 0.3) is 0 Å². The summed E-state index contributed by atoms with van der Waals surface area (Å²) >= 11 is 0. The Morgan fingerprint density at radius 3 is 2.76 bits per heavy atom. The molecule has 0 bridgehead atoms. The molecular weight excluding hydrogens is 269 g/mol. The highest BCUT2D eigenvalue weighted by Gasteiger charge is 2.20. The van der Waals surface area contributed by atoms with E-state index in [4.69, 9.17) is 11.0 Å². The first-order valence-electron chi connectivity index (χ1n) is 7.20. The van der Waals surface area contributed by atoms with Crippen LogP contribution in [0.4, 0.5) is 4.39 Å². The molecule has 2 N–H and O–H groups in total. The van der Waals surface area contributed by atoms with Crippen LogP contribution in [-0.4, -0.2) is 23.9 Å². The Morgan fingerprint density at radius 1 is 1.52 bits per heavy atom. The molecule has 1 atom stereocenters. The largest absolute Gasteiger partial charge is 0.338 e. The number of nitriles is 1. The topological polar surface area (TPSA) is 70.1 Å². The standard InChI is InChI=1S/C16H22FN3O/c1-3-20(16(21)12(2)5-4-8-18)11-14-7-6-13(10-19)9-15(14)17/h6-7,9,12H,3-5,8,11,18H2,1-2H3. The molecule has 5 heteroatoms. The first-order chi connectivity index (χ1) is 10.0. The van der Waals surface area contributed by atoms with E-state index in [0.29, 0.717) is 18.7 Å². The van der Waals surface area contributed by atoms with Crippen LogP contribution in [0, 0.1) is 23.1 Å². The summed E-state index contributed by atoms with van der Waals surface area (Å²) in [5.41, 5.74) is 6.16. The second-order valence-electron chi connectivity index (χ2n) is 5.10. The first-order valence-corrected chi connectivity index (χ1v) is 7.20. The zero-order valence-corrected chi connectivity index (χ0v) is 12.6. The molecule has 0 aliphatic carbocycles. The van der Waals surface area contributed by atoms with E-state index in [1.165, 1.54) is 6.07 Å². The van der Waals surface area contributed by atoms with Crippen molar-refractivity contribution in [3.05, 3.63) is 35.1 Å². The van der Waals surface area contributed by atoms with Gasteiger partial charge in [0, 0.05) is 24.6 Å². The summed E-state index contributed by atoms with van der Waals surface area (Å²) in [4.78, 5) is 14.0. The van der Waals surface area contributed by atoms with Crippen LogP contribution in [0.5, 0.6) is 0 Å². The number of amides is 1. The Balaban J connectivity index is 2.78. The van der Waals surface area contributed by atoms with E-state index in [9.17, 15) is 9.18 Å². The lowest BCUT2D eigenvalue weighted by molar-refractivity contribution is -0.135. The second kappa shape index (κ2) is 8.38. The number of benzene rings is 1. The molecule has 0 aliphatic heterocycles. The highest BCUT2D eigenvalue weighted by atomic mass is 19.1. The zero-order chi connectivity index (χ0) is 15.8. The van der Waals surface area contributed by atoms with E-state index < -0.39 is 5.82 Å². The first kappa shape index (κ1) is 17.1. The number of hydrogen-bond acceptors (Lipinski definition) is 3. The predicted molar refractivity (Wildman–Crippen MR) is 79.7 cm³/mol. The van der Waals surface area contributed by atoms with Crippen LogP contribution in [0.1, 0.15) is 37.8 Å². The van der Waals surface area contributed by atoms with Crippen LogP contribution in [0.25, 0.3) is 0 Å². The molecule has 1 aromatic rings. The summed E-state index contributed by atoms with van der Waals surface area (Å²) in [6.45, 7) is 5.05. The van der Waals surface area contributed by atoms with Crippen molar-refractivity contribution in [2.75, 3.05) is 13.1 Å². The fourth-order valence-corrected chi connectivity index (χ4v) is 2.16. The third-order valence-electron chi connectivity index (χ3n) is 3.50. The van der Waals surface area contributed by atoms with Crippen LogP contribution in [0.2, 0.25) is 0 Å². The number of hydrogen-bond donors (Lipinski definition) is 1. The summed E-state index contributed by atoms with van der Waals surface area (Å²) in [5, 5.41) is 8.73. The van der Waals surface area contributed by atoms with Gasteiger partial charge in [-0.1, -0.05) is 13.0 Å². The average Bonchev–Trinajstić information content (AvgIpc) is 2.50. The summed E-state index contributed by atoms with van der Waals surface area (Å²) in [5.74, 6) is -0.556. The minimum absolute atomic E-state index is 0.00899. The van der Waals surface area contributed by atoms with Crippen LogP contribution in [-0.2, 0) is 11.3 Å². The fraction of sp³-hybridized carbons (Fsp3) is 0.500. The number of halogens is 1. The van der Waals surface area contributed by atoms with Crippen molar-refractivity contribution in [3.63, 3.8) is 0 Å². The lowest BCUT2D eigenvalue weighted by atomic mass is 10.0. The Morgan fingerprint density at radius 2 is 2.24 bits per heavy atom. The lowest BCUT2D eigenvalue weighted by Crippen LogP contribution is -2.35. The van der Waals surface area contributed by atoms with Crippen molar-refractivity contribution in [3.8, 4) is 6.07 Å². The van der Waals surface area contributed by atoms with Crippen molar-refractivity contribution in [2.45, 2.75) is 33.2 Å². The molecule has 0 saturated heterocycles. The van der Waals surface area contributed by atoms with Crippen LogP contribution in [0.3, 0.4) is 0 Å². The normalized spacial score (nSPS) is 11.8. The molecule has 0 radical (unpaired) electrons. The highest BCUT2D eigenvalue weighted by molar-refractivity contribution is 5.78. The number of carbonyl (C=O) groups is 1. The molecule has 0 spiro atoms. The van der Waals surface area contributed by atoms with Crippen molar-refractivity contribution >= 4 is 5.91 Å². The summed E-state index contributed by atoms with van der Waals surface area (Å²) in [7, 11) is 0. The summed E-state index contributed by atoms with van der Waals surface area (Å²) in [6.07, 6.45) is 1.54. The smallest absolute Gasteiger partial charge is 0.225 e. The Kier molecular flexibility index (Phi) is 6.83. The van der Waals surface area contributed by atoms with Crippen molar-refractivity contribution < 1.29 is 9.18 Å². The molecule has 1 rings (SSSR count). The zero-order valence-electron chi connectivity index (χ0n) is 12.6. The molecule has 114 valence electrons. The van der Waals surface area contributed by atoms with Crippen molar-refractivity contribution in [1.82, 2.24) is 4.90 Å². The van der Waals surface area contributed by atoms with Gasteiger partial charge in [0.1, 0.15) is 5.82 Å². The van der Waals surface area contributed by atoms with Gasteiger partial charge in [-0.2, -0.15) is 5.26 Å². The van der Waals surface area contributed by atoms with Crippen molar-refractivity contribution in [1.29, 1.82) is 5.26 Å². The van der Waals surface area contributed by atoms with E-state index in [-0.39, 0.29) is 23.9 Å².